The third-order valence-corrected chi connectivity index (χ3v) is 6.69. The normalized spacial score (nSPS) is 11.6. The van der Waals surface area contributed by atoms with Crippen LogP contribution in [0.1, 0.15) is 15.9 Å². The van der Waals surface area contributed by atoms with Gasteiger partial charge >= 0.3 is 5.63 Å². The quantitative estimate of drug-likeness (QED) is 0.272. The Kier molecular flexibility index (Phi) is 5.44. The van der Waals surface area contributed by atoms with Crippen molar-refractivity contribution in [3.63, 3.8) is 0 Å². The molecule has 0 fully saturated rings. The molecule has 0 aliphatic heterocycles. The Hall–Kier alpha value is -3.55. The molecule has 5 rings (SSSR count). The predicted molar refractivity (Wildman–Crippen MR) is 135 cm³/mol. The number of anilines is 1. The second-order valence-electron chi connectivity index (χ2n) is 8.37. The van der Waals surface area contributed by atoms with E-state index in [1.165, 1.54) is 11.3 Å². The number of aryl methyl sites for hydroxylation is 1. The van der Waals surface area contributed by atoms with Crippen LogP contribution < -0.4 is 10.5 Å². The van der Waals surface area contributed by atoms with Gasteiger partial charge in [0.2, 0.25) is 0 Å². The van der Waals surface area contributed by atoms with Gasteiger partial charge in [-0.05, 0) is 61.6 Å². The molecule has 0 saturated heterocycles. The first-order chi connectivity index (χ1) is 15.9. The molecule has 7 heteroatoms. The van der Waals surface area contributed by atoms with Crippen molar-refractivity contribution in [1.82, 2.24) is 9.88 Å². The van der Waals surface area contributed by atoms with Gasteiger partial charge in [0.15, 0.2) is 5.13 Å². The van der Waals surface area contributed by atoms with E-state index in [1.807, 2.05) is 68.4 Å². The van der Waals surface area contributed by atoms with Crippen LogP contribution in [0.3, 0.4) is 0 Å². The topological polar surface area (TPSA) is 66.7 Å². The van der Waals surface area contributed by atoms with Crippen molar-refractivity contribution in [1.29, 1.82) is 0 Å². The van der Waals surface area contributed by atoms with E-state index >= 15 is 0 Å². The van der Waals surface area contributed by atoms with E-state index < -0.39 is 11.5 Å². The average Bonchev–Trinajstić information content (AvgIpc) is 3.21. The van der Waals surface area contributed by atoms with Crippen LogP contribution in [0, 0.1) is 6.92 Å². The number of amides is 1. The van der Waals surface area contributed by atoms with Crippen molar-refractivity contribution in [2.24, 2.45) is 0 Å². The van der Waals surface area contributed by atoms with Crippen LogP contribution >= 0.6 is 11.3 Å². The fourth-order valence-corrected chi connectivity index (χ4v) is 4.97. The van der Waals surface area contributed by atoms with Gasteiger partial charge in [0.25, 0.3) is 5.91 Å². The van der Waals surface area contributed by atoms with Gasteiger partial charge in [0, 0.05) is 18.5 Å². The van der Waals surface area contributed by atoms with Gasteiger partial charge in [0.1, 0.15) is 11.1 Å². The molecular weight excluding hydrogens is 434 g/mol. The van der Waals surface area contributed by atoms with E-state index in [4.69, 9.17) is 9.40 Å². The average molecular weight is 458 g/mol. The number of likely N-dealkylation sites (N-methyl/N-ethyl adjacent to an activating group) is 1. The number of carbonyl (C=O) groups is 1. The zero-order valence-corrected chi connectivity index (χ0v) is 19.5. The highest BCUT2D eigenvalue weighted by Crippen LogP contribution is 2.31. The van der Waals surface area contributed by atoms with Crippen molar-refractivity contribution in [3.05, 3.63) is 82.2 Å². The van der Waals surface area contributed by atoms with E-state index in [0.717, 1.165) is 31.9 Å². The first-order valence-electron chi connectivity index (χ1n) is 10.7. The van der Waals surface area contributed by atoms with Crippen molar-refractivity contribution < 1.29 is 9.21 Å². The van der Waals surface area contributed by atoms with Crippen LogP contribution in [0.4, 0.5) is 5.13 Å². The van der Waals surface area contributed by atoms with Gasteiger partial charge < -0.3 is 9.32 Å². The lowest BCUT2D eigenvalue weighted by molar-refractivity contribution is 0.0982. The molecule has 3 aromatic carbocycles. The van der Waals surface area contributed by atoms with Crippen molar-refractivity contribution >= 4 is 54.3 Å². The number of benzene rings is 3. The van der Waals surface area contributed by atoms with E-state index in [1.54, 1.807) is 17.0 Å². The van der Waals surface area contributed by atoms with Gasteiger partial charge in [-0.2, -0.15) is 0 Å². The van der Waals surface area contributed by atoms with Crippen LogP contribution in [0.25, 0.3) is 32.0 Å². The Balaban J connectivity index is 1.64. The van der Waals surface area contributed by atoms with E-state index in [-0.39, 0.29) is 5.56 Å². The lowest BCUT2D eigenvalue weighted by Gasteiger charge is -2.21. The number of aromatic nitrogens is 1. The molecule has 166 valence electrons. The highest BCUT2D eigenvalue weighted by Gasteiger charge is 2.25. The zero-order chi connectivity index (χ0) is 23.1. The van der Waals surface area contributed by atoms with Crippen LogP contribution in [0.15, 0.2) is 69.9 Å². The summed E-state index contributed by atoms with van der Waals surface area (Å²) < 4.78 is 6.58. The summed E-state index contributed by atoms with van der Waals surface area (Å²) in [6.45, 7) is 3.05. The fraction of sp³-hybridized carbons (Fsp3) is 0.192. The molecule has 0 aliphatic carbocycles. The molecule has 0 spiro atoms. The summed E-state index contributed by atoms with van der Waals surface area (Å²) in [5.41, 5.74) is 1.79. The second-order valence-corrected chi connectivity index (χ2v) is 9.38. The monoisotopic (exact) mass is 457 g/mol. The van der Waals surface area contributed by atoms with Gasteiger partial charge in [-0.3, -0.25) is 9.69 Å². The number of hydrogen-bond donors (Lipinski definition) is 0. The first kappa shape index (κ1) is 21.3. The molecular formula is C26H23N3O3S. The summed E-state index contributed by atoms with van der Waals surface area (Å²) >= 11 is 1.45. The molecule has 6 nitrogen and oxygen atoms in total. The molecule has 2 aromatic heterocycles. The number of hydrogen-bond acceptors (Lipinski definition) is 6. The van der Waals surface area contributed by atoms with Gasteiger partial charge in [-0.1, -0.05) is 47.7 Å². The van der Waals surface area contributed by atoms with Gasteiger partial charge in [-0.15, -0.1) is 0 Å². The lowest BCUT2D eigenvalue weighted by Crippen LogP contribution is -2.38. The summed E-state index contributed by atoms with van der Waals surface area (Å²) in [7, 11) is 3.89. The maximum absolute atomic E-state index is 13.7. The molecule has 0 saturated carbocycles. The number of fused-ring (bicyclic) bond motifs is 4. The Morgan fingerprint density at radius 1 is 1.00 bits per heavy atom. The Labute approximate surface area is 194 Å². The highest BCUT2D eigenvalue weighted by molar-refractivity contribution is 7.22. The van der Waals surface area contributed by atoms with Crippen LogP contribution in [0.2, 0.25) is 0 Å². The lowest BCUT2D eigenvalue weighted by atomic mass is 10.0. The van der Waals surface area contributed by atoms with Gasteiger partial charge in [0.05, 0.1) is 10.2 Å². The van der Waals surface area contributed by atoms with E-state index in [9.17, 15) is 9.59 Å². The minimum Gasteiger partial charge on any atom is -0.422 e. The number of thiazole rings is 1. The predicted octanol–water partition coefficient (Wildman–Crippen LogP) is 5.07. The largest absolute Gasteiger partial charge is 0.422 e. The van der Waals surface area contributed by atoms with Crippen LogP contribution in [-0.4, -0.2) is 43.0 Å². The van der Waals surface area contributed by atoms with Crippen molar-refractivity contribution in [2.75, 3.05) is 32.1 Å². The number of nitrogens with zero attached hydrogens (tertiary/aromatic N) is 3. The molecule has 0 bridgehead atoms. The standard InChI is InChI=1S/C26H23N3O3S/c1-16-8-10-21-23(14-16)33-26(27-21)29(13-12-28(2)3)24(30)20-15-19-18-7-5-4-6-17(18)9-11-22(19)32-25(20)31/h4-11,14-15H,12-13H2,1-3H3. The maximum Gasteiger partial charge on any atom is 0.349 e. The summed E-state index contributed by atoms with van der Waals surface area (Å²) in [5.74, 6) is -0.406. The summed E-state index contributed by atoms with van der Waals surface area (Å²) in [5, 5.41) is 3.26. The molecule has 33 heavy (non-hydrogen) atoms. The third-order valence-electron chi connectivity index (χ3n) is 5.65. The smallest absolute Gasteiger partial charge is 0.349 e. The summed E-state index contributed by atoms with van der Waals surface area (Å²) in [6.07, 6.45) is 0. The fourth-order valence-electron chi connectivity index (χ4n) is 3.89. The van der Waals surface area contributed by atoms with Crippen molar-refractivity contribution in [3.8, 4) is 0 Å². The maximum atomic E-state index is 13.7. The van der Waals surface area contributed by atoms with Crippen LogP contribution in [-0.2, 0) is 0 Å². The molecule has 0 N–H and O–H groups in total. The van der Waals surface area contributed by atoms with E-state index in [2.05, 4.69) is 6.07 Å². The number of rotatable bonds is 5. The molecule has 0 radical (unpaired) electrons. The molecule has 5 aromatic rings. The molecule has 0 unspecified atom stereocenters. The summed E-state index contributed by atoms with van der Waals surface area (Å²) in [6, 6.07) is 19.2. The SMILES string of the molecule is Cc1ccc2nc(N(CCN(C)C)C(=O)c3cc4c(ccc5ccccc54)oc3=O)sc2c1. The first-order valence-corrected chi connectivity index (χ1v) is 11.5. The third kappa shape index (κ3) is 4.01. The van der Waals surface area contributed by atoms with Gasteiger partial charge in [-0.25, -0.2) is 9.78 Å². The molecule has 0 aliphatic rings. The minimum absolute atomic E-state index is 0.00745. The van der Waals surface area contributed by atoms with Crippen molar-refractivity contribution in [2.45, 2.75) is 6.92 Å². The Bertz CT molecular complexity index is 1570. The van der Waals surface area contributed by atoms with E-state index in [0.29, 0.717) is 23.8 Å². The zero-order valence-electron chi connectivity index (χ0n) is 18.7. The molecule has 0 atom stereocenters. The Morgan fingerprint density at radius 2 is 1.82 bits per heavy atom. The highest BCUT2D eigenvalue weighted by atomic mass is 32.1. The molecule has 2 heterocycles. The molecule has 1 amide bonds. The Morgan fingerprint density at radius 3 is 2.64 bits per heavy atom. The number of carbonyl (C=O) groups excluding carboxylic acids is 1. The van der Waals surface area contributed by atoms with Crippen LogP contribution in [0.5, 0.6) is 0 Å². The minimum atomic E-state index is -0.644. The summed E-state index contributed by atoms with van der Waals surface area (Å²) in [4.78, 5) is 34.8. The second kappa shape index (κ2) is 8.42.